The van der Waals surface area contributed by atoms with Crippen LogP contribution in [0.25, 0.3) is 0 Å². The lowest BCUT2D eigenvalue weighted by molar-refractivity contribution is -0.387. The summed E-state index contributed by atoms with van der Waals surface area (Å²) in [5.74, 6) is -4.59. The molecule has 0 aliphatic rings. The van der Waals surface area contributed by atoms with Crippen molar-refractivity contribution in [2.45, 2.75) is 19.0 Å². The molecule has 1 heterocycles. The number of nitrogens with one attached hydrogen (secondary N) is 1. The number of alkyl halides is 6. The molecule has 0 spiro atoms. The number of aromatic nitrogens is 2. The summed E-state index contributed by atoms with van der Waals surface area (Å²) in [5, 5.41) is 16.5. The van der Waals surface area contributed by atoms with Crippen LogP contribution in [0.4, 0.5) is 46.5 Å². The molecule has 1 N–H and O–H groups in total. The molecular formula is C20H12F8N4O4. The zero-order valence-electron chi connectivity index (χ0n) is 17.7. The fourth-order valence-electron chi connectivity index (χ4n) is 2.95. The number of nitrogens with zero attached hydrogens (tertiary/aromatic N) is 3. The zero-order chi connectivity index (χ0) is 27.0. The predicted molar refractivity (Wildman–Crippen MR) is 105 cm³/mol. The molecule has 16 heteroatoms. The summed E-state index contributed by atoms with van der Waals surface area (Å²) in [7, 11) is 1.29. The number of ether oxygens (including phenoxy) is 1. The van der Waals surface area contributed by atoms with E-state index in [-0.39, 0.29) is 12.1 Å². The number of amides is 1. The van der Waals surface area contributed by atoms with Crippen molar-refractivity contribution in [2.24, 2.45) is 7.05 Å². The van der Waals surface area contributed by atoms with Crippen molar-refractivity contribution in [2.75, 3.05) is 5.32 Å². The summed E-state index contributed by atoms with van der Waals surface area (Å²) in [4.78, 5) is 22.3. The van der Waals surface area contributed by atoms with E-state index < -0.39 is 80.9 Å². The molecule has 0 radical (unpaired) electrons. The average Bonchev–Trinajstić information content (AvgIpc) is 3.13. The molecule has 0 aliphatic carbocycles. The van der Waals surface area contributed by atoms with Crippen molar-refractivity contribution in [3.05, 3.63) is 80.5 Å². The summed E-state index contributed by atoms with van der Waals surface area (Å²) in [6.07, 6.45) is -9.16. The van der Waals surface area contributed by atoms with Crippen LogP contribution in [0.3, 0.4) is 0 Å². The highest BCUT2D eigenvalue weighted by Gasteiger charge is 2.37. The Labute approximate surface area is 195 Å². The Bertz CT molecular complexity index is 1300. The largest absolute Gasteiger partial charge is 0.471 e. The van der Waals surface area contributed by atoms with Gasteiger partial charge in [0.05, 0.1) is 21.7 Å². The van der Waals surface area contributed by atoms with E-state index in [0.29, 0.717) is 18.2 Å². The number of benzene rings is 2. The Hall–Kier alpha value is -4.24. The van der Waals surface area contributed by atoms with Gasteiger partial charge in [0.1, 0.15) is 18.0 Å². The first-order valence-corrected chi connectivity index (χ1v) is 9.46. The van der Waals surface area contributed by atoms with Crippen LogP contribution in [-0.2, 0) is 26.0 Å². The average molecular weight is 524 g/mol. The number of aryl methyl sites for hydroxylation is 1. The molecule has 0 fully saturated rings. The minimum absolute atomic E-state index is 0.0699. The number of carbonyl (C=O) groups is 1. The third kappa shape index (κ3) is 5.87. The van der Waals surface area contributed by atoms with E-state index in [0.717, 1.165) is 10.9 Å². The summed E-state index contributed by atoms with van der Waals surface area (Å²) in [6, 6.07) is 1.36. The lowest BCUT2D eigenvalue weighted by atomic mass is 10.1. The van der Waals surface area contributed by atoms with Crippen molar-refractivity contribution in [1.29, 1.82) is 0 Å². The maximum Gasteiger partial charge on any atom is 0.416 e. The Morgan fingerprint density at radius 1 is 1.03 bits per heavy atom. The first kappa shape index (κ1) is 26.4. The SMILES string of the molecule is Cn1cc(C(=O)Nc2cc([N+](=O)[O-])c(F)cc2F)c(OCc2cc(C(F)(F)F)cc(C(F)(F)F)c2)n1. The fourth-order valence-corrected chi connectivity index (χ4v) is 2.95. The number of nitro benzene ring substituents is 1. The molecular weight excluding hydrogens is 512 g/mol. The number of rotatable bonds is 6. The molecule has 0 atom stereocenters. The number of nitro groups is 1. The Balaban J connectivity index is 1.88. The van der Waals surface area contributed by atoms with E-state index in [9.17, 15) is 50.0 Å². The third-order valence-electron chi connectivity index (χ3n) is 4.54. The molecule has 0 saturated carbocycles. The number of hydrogen-bond donors (Lipinski definition) is 1. The first-order valence-electron chi connectivity index (χ1n) is 9.46. The standard InChI is InChI=1S/C20H12F8N4O4/c1-31-7-12(17(33)29-15-6-16(32(34)35)14(22)5-13(15)21)18(30-31)36-8-9-2-10(19(23,24)25)4-11(3-9)20(26,27)28/h2-7H,8H2,1H3,(H,29,33). The van der Waals surface area contributed by atoms with Gasteiger partial charge in [-0.15, -0.1) is 5.10 Å². The molecule has 0 aliphatic heterocycles. The molecule has 0 bridgehead atoms. The van der Waals surface area contributed by atoms with Crippen LogP contribution in [0, 0.1) is 21.7 Å². The molecule has 3 rings (SSSR count). The number of halogens is 8. The first-order chi connectivity index (χ1) is 16.6. The van der Waals surface area contributed by atoms with E-state index in [1.165, 1.54) is 7.05 Å². The van der Waals surface area contributed by atoms with Crippen LogP contribution in [0.1, 0.15) is 27.0 Å². The topological polar surface area (TPSA) is 99.3 Å². The van der Waals surface area contributed by atoms with Crippen LogP contribution in [0.15, 0.2) is 36.5 Å². The third-order valence-corrected chi connectivity index (χ3v) is 4.54. The number of hydrogen-bond acceptors (Lipinski definition) is 5. The van der Waals surface area contributed by atoms with Gasteiger partial charge in [-0.05, 0) is 23.8 Å². The van der Waals surface area contributed by atoms with Crippen molar-refractivity contribution in [1.82, 2.24) is 9.78 Å². The van der Waals surface area contributed by atoms with Gasteiger partial charge in [0.15, 0.2) is 0 Å². The van der Waals surface area contributed by atoms with Gasteiger partial charge < -0.3 is 10.1 Å². The summed E-state index contributed by atoms with van der Waals surface area (Å²) < 4.78 is 112. The highest BCUT2D eigenvalue weighted by atomic mass is 19.4. The van der Waals surface area contributed by atoms with E-state index in [4.69, 9.17) is 4.74 Å². The highest BCUT2D eigenvalue weighted by molar-refractivity contribution is 6.05. The van der Waals surface area contributed by atoms with Crippen molar-refractivity contribution < 1.29 is 49.6 Å². The Kier molecular flexibility index (Phi) is 6.90. The molecule has 2 aromatic carbocycles. The molecule has 192 valence electrons. The van der Waals surface area contributed by atoms with E-state index in [1.54, 1.807) is 0 Å². The van der Waals surface area contributed by atoms with Gasteiger partial charge in [0.2, 0.25) is 11.7 Å². The van der Waals surface area contributed by atoms with Crippen molar-refractivity contribution in [3.8, 4) is 5.88 Å². The van der Waals surface area contributed by atoms with Crippen molar-refractivity contribution in [3.63, 3.8) is 0 Å². The minimum atomic E-state index is -5.09. The van der Waals surface area contributed by atoms with Crippen LogP contribution < -0.4 is 10.1 Å². The predicted octanol–water partition coefficient (Wildman–Crippen LogP) is 5.48. The molecule has 8 nitrogen and oxygen atoms in total. The van der Waals surface area contributed by atoms with E-state index in [1.807, 2.05) is 5.32 Å². The minimum Gasteiger partial charge on any atom is -0.471 e. The van der Waals surface area contributed by atoms with E-state index >= 15 is 0 Å². The highest BCUT2D eigenvalue weighted by Crippen LogP contribution is 2.36. The maximum atomic E-state index is 14.0. The second-order valence-electron chi connectivity index (χ2n) is 7.22. The molecule has 0 saturated heterocycles. The zero-order valence-corrected chi connectivity index (χ0v) is 17.7. The Morgan fingerprint density at radius 2 is 1.61 bits per heavy atom. The monoisotopic (exact) mass is 524 g/mol. The smallest absolute Gasteiger partial charge is 0.416 e. The van der Waals surface area contributed by atoms with Crippen LogP contribution >= 0.6 is 0 Å². The second-order valence-corrected chi connectivity index (χ2v) is 7.22. The molecule has 3 aromatic rings. The summed E-state index contributed by atoms with van der Waals surface area (Å²) in [6.45, 7) is -0.874. The molecule has 0 unspecified atom stereocenters. The quantitative estimate of drug-likeness (QED) is 0.262. The van der Waals surface area contributed by atoms with Gasteiger partial charge in [0, 0.05) is 25.4 Å². The molecule has 1 amide bonds. The maximum absolute atomic E-state index is 14.0. The van der Waals surface area contributed by atoms with Gasteiger partial charge in [0.25, 0.3) is 5.91 Å². The van der Waals surface area contributed by atoms with Crippen LogP contribution in [-0.4, -0.2) is 20.6 Å². The second kappa shape index (κ2) is 9.43. The Morgan fingerprint density at radius 3 is 2.14 bits per heavy atom. The van der Waals surface area contributed by atoms with E-state index in [2.05, 4.69) is 5.10 Å². The van der Waals surface area contributed by atoms with Crippen LogP contribution in [0.5, 0.6) is 5.88 Å². The molecule has 1 aromatic heterocycles. The number of anilines is 1. The fraction of sp³-hybridized carbons (Fsp3) is 0.200. The van der Waals surface area contributed by atoms with Gasteiger partial charge in [-0.3, -0.25) is 19.6 Å². The summed E-state index contributed by atoms with van der Waals surface area (Å²) >= 11 is 0. The van der Waals surface area contributed by atoms with Crippen molar-refractivity contribution >= 4 is 17.3 Å². The number of carbonyl (C=O) groups excluding carboxylic acids is 1. The van der Waals surface area contributed by atoms with Gasteiger partial charge in [-0.1, -0.05) is 0 Å². The van der Waals surface area contributed by atoms with Crippen LogP contribution in [0.2, 0.25) is 0 Å². The normalized spacial score (nSPS) is 11.9. The van der Waals surface area contributed by atoms with Gasteiger partial charge >= 0.3 is 18.0 Å². The molecule has 36 heavy (non-hydrogen) atoms. The van der Waals surface area contributed by atoms with Gasteiger partial charge in [-0.2, -0.15) is 30.7 Å². The van der Waals surface area contributed by atoms with Gasteiger partial charge in [-0.25, -0.2) is 4.39 Å². The lowest BCUT2D eigenvalue weighted by Crippen LogP contribution is -2.15. The lowest BCUT2D eigenvalue weighted by Gasteiger charge is -2.14. The summed E-state index contributed by atoms with van der Waals surface area (Å²) in [5.41, 5.74) is -6.08.